The predicted molar refractivity (Wildman–Crippen MR) is 99.5 cm³/mol. The maximum atomic E-state index is 11.7. The zero-order valence-corrected chi connectivity index (χ0v) is 15.5. The van der Waals surface area contributed by atoms with Gasteiger partial charge in [-0.3, -0.25) is 4.90 Å². The fraction of sp³-hybridized carbons (Fsp3) is 0.526. The van der Waals surface area contributed by atoms with E-state index in [0.717, 1.165) is 62.5 Å². The molecule has 0 N–H and O–H groups in total. The summed E-state index contributed by atoms with van der Waals surface area (Å²) in [5, 5.41) is 13.7. The summed E-state index contributed by atoms with van der Waals surface area (Å²) in [5.41, 5.74) is 4.05. The van der Waals surface area contributed by atoms with Crippen molar-refractivity contribution in [3.8, 4) is 0 Å². The molecule has 0 aromatic carbocycles. The molecule has 2 aliphatic rings. The highest BCUT2D eigenvalue weighted by Crippen LogP contribution is 2.28. The van der Waals surface area contributed by atoms with Crippen LogP contribution in [0.25, 0.3) is 5.65 Å². The lowest BCUT2D eigenvalue weighted by Gasteiger charge is -2.30. The molecule has 8 nitrogen and oxygen atoms in total. The van der Waals surface area contributed by atoms with Crippen LogP contribution in [0.3, 0.4) is 0 Å². The summed E-state index contributed by atoms with van der Waals surface area (Å²) in [6, 6.07) is 4.08. The second-order valence-electron chi connectivity index (χ2n) is 7.66. The van der Waals surface area contributed by atoms with Crippen LogP contribution in [0.1, 0.15) is 48.0 Å². The number of hydrogen-bond donors (Lipinski definition) is 0. The summed E-state index contributed by atoms with van der Waals surface area (Å²) in [4.78, 5) is 18.2. The van der Waals surface area contributed by atoms with Crippen LogP contribution in [0.2, 0.25) is 0 Å². The quantitative estimate of drug-likeness (QED) is 0.691. The zero-order valence-electron chi connectivity index (χ0n) is 15.5. The molecule has 3 aromatic rings. The Hall–Kier alpha value is -2.61. The Bertz CT molecular complexity index is 1050. The summed E-state index contributed by atoms with van der Waals surface area (Å²) in [5.74, 6) is 1.37. The summed E-state index contributed by atoms with van der Waals surface area (Å²) in [6.07, 6.45) is 7.17. The third-order valence-corrected chi connectivity index (χ3v) is 5.81. The van der Waals surface area contributed by atoms with Crippen LogP contribution < -0.4 is 5.69 Å². The van der Waals surface area contributed by atoms with Crippen molar-refractivity contribution in [2.45, 2.75) is 44.6 Å². The number of likely N-dealkylation sites (tertiary alicyclic amines) is 1. The van der Waals surface area contributed by atoms with Gasteiger partial charge in [0.25, 0.3) is 0 Å². The Morgan fingerprint density at radius 3 is 2.85 bits per heavy atom. The molecule has 0 radical (unpaired) electrons. The number of fused-ring (bicyclic) bond motifs is 2. The van der Waals surface area contributed by atoms with Gasteiger partial charge in [-0.15, -0.1) is 10.2 Å². The van der Waals surface area contributed by atoms with Gasteiger partial charge >= 0.3 is 5.69 Å². The standard InChI is InChI=1S/C19H23N7O/c1-24-8-7-15(20-19(24)27)12-25-9-5-13(6-10-25)18-22-21-17-11-14-3-2-4-16(14)23-26(17)18/h7-8,11,13H,2-6,9-10,12H2,1H3. The molecule has 8 heteroatoms. The lowest BCUT2D eigenvalue weighted by atomic mass is 9.96. The average molecular weight is 365 g/mol. The number of aromatic nitrogens is 6. The minimum atomic E-state index is -0.198. The molecule has 0 bridgehead atoms. The van der Waals surface area contributed by atoms with Gasteiger partial charge in [0.2, 0.25) is 0 Å². The van der Waals surface area contributed by atoms with Gasteiger partial charge in [-0.05, 0) is 62.9 Å². The van der Waals surface area contributed by atoms with Gasteiger partial charge in [0, 0.05) is 25.7 Å². The minimum absolute atomic E-state index is 0.198. The van der Waals surface area contributed by atoms with E-state index in [4.69, 9.17) is 5.10 Å². The van der Waals surface area contributed by atoms with E-state index in [9.17, 15) is 4.79 Å². The summed E-state index contributed by atoms with van der Waals surface area (Å²) in [7, 11) is 1.72. The first kappa shape index (κ1) is 16.6. The topological polar surface area (TPSA) is 81.2 Å². The average Bonchev–Trinajstić information content (AvgIpc) is 3.29. The zero-order chi connectivity index (χ0) is 18.4. The van der Waals surface area contributed by atoms with Crippen LogP contribution >= 0.6 is 0 Å². The Morgan fingerprint density at radius 2 is 2.04 bits per heavy atom. The molecule has 4 heterocycles. The van der Waals surface area contributed by atoms with Crippen molar-refractivity contribution >= 4 is 5.65 Å². The van der Waals surface area contributed by atoms with Gasteiger partial charge in [-0.1, -0.05) is 0 Å². The second kappa shape index (κ2) is 6.53. The molecule has 0 spiro atoms. The lowest BCUT2D eigenvalue weighted by molar-refractivity contribution is 0.198. The molecule has 1 aliphatic heterocycles. The minimum Gasteiger partial charge on any atom is -0.302 e. The predicted octanol–water partition coefficient (Wildman–Crippen LogP) is 1.09. The van der Waals surface area contributed by atoms with Crippen molar-refractivity contribution in [2.24, 2.45) is 7.05 Å². The summed E-state index contributed by atoms with van der Waals surface area (Å²) in [6.45, 7) is 2.64. The largest absolute Gasteiger partial charge is 0.347 e. The third-order valence-electron chi connectivity index (χ3n) is 5.81. The molecule has 140 valence electrons. The molecule has 3 aromatic heterocycles. The van der Waals surface area contributed by atoms with E-state index in [2.05, 4.69) is 26.1 Å². The molecule has 1 saturated heterocycles. The van der Waals surface area contributed by atoms with Gasteiger partial charge in [0.1, 0.15) is 0 Å². The number of hydrogen-bond acceptors (Lipinski definition) is 6. The summed E-state index contributed by atoms with van der Waals surface area (Å²) < 4.78 is 3.46. The molecular weight excluding hydrogens is 342 g/mol. The van der Waals surface area contributed by atoms with Crippen LogP contribution in [0, 0.1) is 0 Å². The number of piperidine rings is 1. The molecule has 0 unspecified atom stereocenters. The molecule has 1 aliphatic carbocycles. The fourth-order valence-corrected chi connectivity index (χ4v) is 4.22. The molecule has 0 saturated carbocycles. The van der Waals surface area contributed by atoms with Crippen LogP contribution in [0.5, 0.6) is 0 Å². The van der Waals surface area contributed by atoms with E-state index in [-0.39, 0.29) is 5.69 Å². The lowest BCUT2D eigenvalue weighted by Crippen LogP contribution is -2.34. The number of rotatable bonds is 3. The van der Waals surface area contributed by atoms with Crippen LogP contribution in [0.4, 0.5) is 0 Å². The van der Waals surface area contributed by atoms with Gasteiger partial charge in [0.05, 0.1) is 11.4 Å². The van der Waals surface area contributed by atoms with Crippen LogP contribution in [-0.4, -0.2) is 47.4 Å². The molecule has 0 amide bonds. The fourth-order valence-electron chi connectivity index (χ4n) is 4.22. The first-order valence-electron chi connectivity index (χ1n) is 9.66. The molecule has 0 atom stereocenters. The smallest absolute Gasteiger partial charge is 0.302 e. The Labute approximate surface area is 156 Å². The second-order valence-corrected chi connectivity index (χ2v) is 7.66. The number of aryl methyl sites for hydroxylation is 3. The summed E-state index contributed by atoms with van der Waals surface area (Å²) >= 11 is 0. The highest BCUT2D eigenvalue weighted by molar-refractivity contribution is 5.43. The number of nitrogens with zero attached hydrogens (tertiary/aromatic N) is 7. The van der Waals surface area contributed by atoms with Crippen LogP contribution in [0.15, 0.2) is 23.1 Å². The van der Waals surface area contributed by atoms with Gasteiger partial charge in [-0.25, -0.2) is 4.79 Å². The van der Waals surface area contributed by atoms with Gasteiger partial charge in [-0.2, -0.15) is 14.6 Å². The van der Waals surface area contributed by atoms with Gasteiger partial charge < -0.3 is 4.57 Å². The van der Waals surface area contributed by atoms with E-state index in [1.165, 1.54) is 22.2 Å². The Kier molecular flexibility index (Phi) is 4.00. The van der Waals surface area contributed by atoms with Crippen molar-refractivity contribution in [1.29, 1.82) is 0 Å². The molecule has 1 fully saturated rings. The Morgan fingerprint density at radius 1 is 1.19 bits per heavy atom. The Balaban J connectivity index is 1.30. The first-order chi connectivity index (χ1) is 13.2. The van der Waals surface area contributed by atoms with Crippen molar-refractivity contribution in [3.63, 3.8) is 0 Å². The third kappa shape index (κ3) is 3.03. The van der Waals surface area contributed by atoms with E-state index < -0.39 is 0 Å². The molecule has 27 heavy (non-hydrogen) atoms. The van der Waals surface area contributed by atoms with Gasteiger partial charge in [0.15, 0.2) is 11.5 Å². The van der Waals surface area contributed by atoms with Crippen molar-refractivity contribution in [2.75, 3.05) is 13.1 Å². The highest BCUT2D eigenvalue weighted by Gasteiger charge is 2.26. The van der Waals surface area contributed by atoms with E-state index in [0.29, 0.717) is 5.92 Å². The van der Waals surface area contributed by atoms with Crippen molar-refractivity contribution < 1.29 is 0 Å². The molecule has 5 rings (SSSR count). The van der Waals surface area contributed by atoms with E-state index >= 15 is 0 Å². The maximum absolute atomic E-state index is 11.7. The SMILES string of the molecule is Cn1ccc(CN2CCC(c3nnc4cc5c(nn34)CCC5)CC2)nc1=O. The monoisotopic (exact) mass is 365 g/mol. The van der Waals surface area contributed by atoms with Crippen LogP contribution in [-0.2, 0) is 26.4 Å². The van der Waals surface area contributed by atoms with Crippen molar-refractivity contribution in [1.82, 2.24) is 34.3 Å². The normalized spacial score (nSPS) is 18.3. The van der Waals surface area contributed by atoms with E-state index in [1.807, 2.05) is 10.6 Å². The molecular formula is C19H23N7O. The highest BCUT2D eigenvalue weighted by atomic mass is 16.1. The maximum Gasteiger partial charge on any atom is 0.347 e. The first-order valence-corrected chi connectivity index (χ1v) is 9.66. The van der Waals surface area contributed by atoms with Crippen molar-refractivity contribution in [3.05, 3.63) is 51.6 Å². The van der Waals surface area contributed by atoms with E-state index in [1.54, 1.807) is 13.2 Å².